The van der Waals surface area contributed by atoms with E-state index < -0.39 is 17.7 Å². The number of rotatable bonds is 13. The summed E-state index contributed by atoms with van der Waals surface area (Å²) in [5.74, 6) is -0.445. The van der Waals surface area contributed by atoms with Crippen LogP contribution in [0.2, 0.25) is 0 Å². The van der Waals surface area contributed by atoms with Gasteiger partial charge >= 0.3 is 0 Å². The van der Waals surface area contributed by atoms with Crippen molar-refractivity contribution in [1.29, 1.82) is 0 Å². The van der Waals surface area contributed by atoms with Gasteiger partial charge in [-0.1, -0.05) is 39.3 Å². The zero-order valence-corrected chi connectivity index (χ0v) is 24.1. The number of nitrogens with zero attached hydrogens (tertiary/aromatic N) is 4. The number of likely N-dealkylation sites (N-methyl/N-ethyl adjacent to an activating group) is 1. The van der Waals surface area contributed by atoms with Gasteiger partial charge in [-0.15, -0.1) is 0 Å². The number of carbonyl (C=O) groups is 2. The van der Waals surface area contributed by atoms with E-state index in [1.165, 1.54) is 0 Å². The van der Waals surface area contributed by atoms with Crippen LogP contribution in [0.15, 0.2) is 48.2 Å². The zero-order valence-electron chi connectivity index (χ0n) is 24.1. The first-order chi connectivity index (χ1) is 19.4. The summed E-state index contributed by atoms with van der Waals surface area (Å²) in [6.07, 6.45) is 3.70. The van der Waals surface area contributed by atoms with Crippen LogP contribution in [0.5, 0.6) is 11.5 Å². The lowest BCUT2D eigenvalue weighted by molar-refractivity contribution is -0.140. The van der Waals surface area contributed by atoms with Crippen LogP contribution in [-0.4, -0.2) is 75.4 Å². The number of pyridine rings is 1. The normalized spacial score (nSPS) is 16.9. The Kier molecular flexibility index (Phi) is 9.47. The van der Waals surface area contributed by atoms with Crippen LogP contribution in [0.3, 0.4) is 0 Å². The number of amides is 1. The molecule has 0 radical (unpaired) electrons. The monoisotopic (exact) mass is 548 g/mol. The van der Waals surface area contributed by atoms with E-state index >= 15 is 0 Å². The van der Waals surface area contributed by atoms with Gasteiger partial charge in [0.25, 0.3) is 11.7 Å². The van der Waals surface area contributed by atoms with Gasteiger partial charge in [-0.2, -0.15) is 0 Å². The molecule has 0 aliphatic carbocycles. The fraction of sp³-hybridized carbons (Fsp3) is 0.452. The Balaban J connectivity index is 1.87. The number of Topliss-reactive ketones (excluding diaryl/α,β-unsaturated/α-hetero) is 1. The van der Waals surface area contributed by atoms with Crippen LogP contribution in [0.25, 0.3) is 11.4 Å². The molecular weight excluding hydrogens is 508 g/mol. The first-order valence-electron chi connectivity index (χ1n) is 14.2. The van der Waals surface area contributed by atoms with Gasteiger partial charge in [-0.25, -0.2) is 4.98 Å². The number of hydrogen-bond donors (Lipinski definition) is 1. The van der Waals surface area contributed by atoms with E-state index in [4.69, 9.17) is 9.47 Å². The SMILES string of the molecule is CCCCOc1ccc(C2/C(=C(\O)c3c(C)nc4ccccn34)C(=O)C(=O)N2CCN(CC)CC)cc1OCC. The summed E-state index contributed by atoms with van der Waals surface area (Å²) in [5.41, 5.74) is 2.30. The van der Waals surface area contributed by atoms with Crippen LogP contribution in [-0.2, 0) is 9.59 Å². The minimum atomic E-state index is -0.798. The molecule has 4 rings (SSSR count). The molecule has 3 heterocycles. The molecule has 40 heavy (non-hydrogen) atoms. The molecule has 0 saturated carbocycles. The number of aliphatic hydroxyl groups is 1. The number of imidazole rings is 1. The predicted molar refractivity (Wildman–Crippen MR) is 155 cm³/mol. The van der Waals surface area contributed by atoms with E-state index in [1.807, 2.05) is 43.3 Å². The summed E-state index contributed by atoms with van der Waals surface area (Å²) >= 11 is 0. The van der Waals surface area contributed by atoms with Crippen molar-refractivity contribution >= 4 is 23.1 Å². The molecule has 1 aliphatic heterocycles. The Labute approximate surface area is 236 Å². The van der Waals surface area contributed by atoms with Crippen molar-refractivity contribution in [2.24, 2.45) is 0 Å². The van der Waals surface area contributed by atoms with Gasteiger partial charge in [0, 0.05) is 19.3 Å². The Morgan fingerprint density at radius 3 is 2.52 bits per heavy atom. The maximum absolute atomic E-state index is 13.6. The molecule has 214 valence electrons. The zero-order chi connectivity index (χ0) is 28.8. The maximum atomic E-state index is 13.6. The summed E-state index contributed by atoms with van der Waals surface area (Å²) in [4.78, 5) is 35.4. The largest absolute Gasteiger partial charge is 0.505 e. The van der Waals surface area contributed by atoms with Crippen LogP contribution in [0, 0.1) is 6.92 Å². The van der Waals surface area contributed by atoms with Gasteiger partial charge in [0.2, 0.25) is 0 Å². The molecule has 1 fully saturated rings. The average Bonchev–Trinajstić information content (AvgIpc) is 3.42. The van der Waals surface area contributed by atoms with Crippen LogP contribution >= 0.6 is 0 Å². The number of aliphatic hydroxyl groups excluding tert-OH is 1. The predicted octanol–water partition coefficient (Wildman–Crippen LogP) is 4.98. The van der Waals surface area contributed by atoms with Crippen molar-refractivity contribution in [3.05, 3.63) is 65.1 Å². The average molecular weight is 549 g/mol. The minimum Gasteiger partial charge on any atom is -0.505 e. The number of unbranched alkanes of at least 4 members (excludes halogenated alkanes) is 1. The highest BCUT2D eigenvalue weighted by Crippen LogP contribution is 2.42. The molecule has 1 amide bonds. The second kappa shape index (κ2) is 13.0. The summed E-state index contributed by atoms with van der Waals surface area (Å²) in [6.45, 7) is 13.5. The van der Waals surface area contributed by atoms with Crippen molar-refractivity contribution in [2.45, 2.75) is 53.5 Å². The van der Waals surface area contributed by atoms with Gasteiger partial charge in [0.05, 0.1) is 30.5 Å². The smallest absolute Gasteiger partial charge is 0.295 e. The molecule has 1 aliphatic rings. The topological polar surface area (TPSA) is 96.6 Å². The van der Waals surface area contributed by atoms with Crippen molar-refractivity contribution in [2.75, 3.05) is 39.4 Å². The van der Waals surface area contributed by atoms with E-state index in [0.717, 1.165) is 25.9 Å². The van der Waals surface area contributed by atoms with E-state index in [0.29, 0.717) is 60.4 Å². The maximum Gasteiger partial charge on any atom is 0.295 e. The van der Waals surface area contributed by atoms with E-state index in [9.17, 15) is 14.7 Å². The van der Waals surface area contributed by atoms with E-state index in [1.54, 1.807) is 22.4 Å². The molecule has 2 aromatic heterocycles. The standard InChI is InChI=1S/C31H40N4O5/c1-6-10-19-40-23-15-14-22(20-24(23)39-9-4)28-26(30(37)31(38)35(28)18-17-33(7-2)8-3)29(36)27-21(5)32-25-13-11-12-16-34(25)27/h11-16,20,28,36H,6-10,17-19H2,1-5H3/b29-26+. The highest BCUT2D eigenvalue weighted by molar-refractivity contribution is 6.46. The number of fused-ring (bicyclic) bond motifs is 1. The summed E-state index contributed by atoms with van der Waals surface area (Å²) in [5, 5.41) is 11.7. The fourth-order valence-electron chi connectivity index (χ4n) is 5.18. The molecule has 3 aromatic rings. The number of carbonyl (C=O) groups excluding carboxylic acids is 2. The molecule has 1 saturated heterocycles. The lowest BCUT2D eigenvalue weighted by Crippen LogP contribution is -2.38. The number of aromatic nitrogens is 2. The Morgan fingerprint density at radius 1 is 1.05 bits per heavy atom. The van der Waals surface area contributed by atoms with Gasteiger partial charge < -0.3 is 24.4 Å². The van der Waals surface area contributed by atoms with Gasteiger partial charge in [-0.3, -0.25) is 14.0 Å². The molecule has 1 aromatic carbocycles. The number of benzene rings is 1. The third-order valence-electron chi connectivity index (χ3n) is 7.36. The highest BCUT2D eigenvalue weighted by Gasteiger charge is 2.46. The molecule has 1 N–H and O–H groups in total. The second-order valence-electron chi connectivity index (χ2n) is 9.84. The number of aryl methyl sites for hydroxylation is 1. The summed E-state index contributed by atoms with van der Waals surface area (Å²) in [7, 11) is 0. The Morgan fingerprint density at radius 2 is 1.82 bits per heavy atom. The molecule has 9 nitrogen and oxygen atoms in total. The lowest BCUT2D eigenvalue weighted by atomic mass is 9.96. The van der Waals surface area contributed by atoms with Crippen LogP contribution in [0.4, 0.5) is 0 Å². The van der Waals surface area contributed by atoms with Crippen molar-refractivity contribution < 1.29 is 24.2 Å². The van der Waals surface area contributed by atoms with Crippen molar-refractivity contribution in [3.63, 3.8) is 0 Å². The number of hydrogen-bond acceptors (Lipinski definition) is 7. The Hall–Kier alpha value is -3.85. The quantitative estimate of drug-likeness (QED) is 0.139. The lowest BCUT2D eigenvalue weighted by Gasteiger charge is -2.28. The van der Waals surface area contributed by atoms with Gasteiger partial charge in [0.15, 0.2) is 17.3 Å². The molecule has 1 unspecified atom stereocenters. The van der Waals surface area contributed by atoms with Gasteiger partial charge in [0.1, 0.15) is 11.3 Å². The third-order valence-corrected chi connectivity index (χ3v) is 7.36. The van der Waals surface area contributed by atoms with Crippen LogP contribution in [0.1, 0.15) is 63.5 Å². The van der Waals surface area contributed by atoms with Crippen molar-refractivity contribution in [3.8, 4) is 11.5 Å². The first kappa shape index (κ1) is 29.1. The number of ether oxygens (including phenoxy) is 2. The summed E-state index contributed by atoms with van der Waals surface area (Å²) in [6, 6.07) is 10.2. The molecule has 1 atom stereocenters. The fourth-order valence-corrected chi connectivity index (χ4v) is 5.18. The number of ketones is 1. The second-order valence-corrected chi connectivity index (χ2v) is 9.84. The first-order valence-corrected chi connectivity index (χ1v) is 14.2. The van der Waals surface area contributed by atoms with Gasteiger partial charge in [-0.05, 0) is 63.2 Å². The summed E-state index contributed by atoms with van der Waals surface area (Å²) < 4.78 is 13.6. The minimum absolute atomic E-state index is 0.0420. The number of likely N-dealkylation sites (tertiary alicyclic amines) is 1. The molecule has 0 bridgehead atoms. The highest BCUT2D eigenvalue weighted by atomic mass is 16.5. The van der Waals surface area contributed by atoms with E-state index in [2.05, 4.69) is 30.7 Å². The molecular formula is C31H40N4O5. The third kappa shape index (κ3) is 5.70. The molecule has 0 spiro atoms. The van der Waals surface area contributed by atoms with E-state index in [-0.39, 0.29) is 11.3 Å². The molecule has 9 heteroatoms. The Bertz CT molecular complexity index is 1390. The van der Waals surface area contributed by atoms with Crippen LogP contribution < -0.4 is 9.47 Å². The van der Waals surface area contributed by atoms with Crippen molar-refractivity contribution in [1.82, 2.24) is 19.2 Å².